The number of nitrogens with zero attached hydrogens (tertiary/aromatic N) is 2. The lowest BCUT2D eigenvalue weighted by molar-refractivity contribution is 0.0697. The lowest BCUT2D eigenvalue weighted by Crippen LogP contribution is -2.00. The van der Waals surface area contributed by atoms with Gasteiger partial charge in [0.1, 0.15) is 0 Å². The van der Waals surface area contributed by atoms with Crippen molar-refractivity contribution in [1.29, 1.82) is 0 Å². The first-order valence-corrected chi connectivity index (χ1v) is 6.17. The zero-order chi connectivity index (χ0) is 15.0. The fourth-order valence-corrected chi connectivity index (χ4v) is 2.16. The summed E-state index contributed by atoms with van der Waals surface area (Å²) in [6, 6.07) is 8.30. The summed E-state index contributed by atoms with van der Waals surface area (Å²) >= 11 is 0. The normalized spacial score (nSPS) is 11.0. The highest BCUT2D eigenvalue weighted by molar-refractivity contribution is 5.92. The Labute approximate surface area is 118 Å². The molecule has 1 heterocycles. The highest BCUT2D eigenvalue weighted by Crippen LogP contribution is 2.17. The molecule has 21 heavy (non-hydrogen) atoms. The van der Waals surface area contributed by atoms with Crippen LogP contribution in [-0.2, 0) is 6.54 Å². The maximum Gasteiger partial charge on any atom is 0.335 e. The van der Waals surface area contributed by atoms with Gasteiger partial charge in [-0.25, -0.2) is 18.6 Å². The second-order valence-electron chi connectivity index (χ2n) is 4.63. The first-order valence-electron chi connectivity index (χ1n) is 6.17. The monoisotopic (exact) mass is 288 g/mol. The van der Waals surface area contributed by atoms with Gasteiger partial charge < -0.3 is 9.67 Å². The van der Waals surface area contributed by atoms with Crippen molar-refractivity contribution in [3.8, 4) is 0 Å². The van der Waals surface area contributed by atoms with Crippen LogP contribution in [0.5, 0.6) is 0 Å². The minimum absolute atomic E-state index is 0.153. The molecule has 0 aliphatic rings. The molecule has 2 aromatic carbocycles. The minimum Gasteiger partial charge on any atom is -0.478 e. The SMILES string of the molecule is O=C(O)c1ccc2c(c1)ncn2Cc1ccc(F)c(F)c1. The standard InChI is InChI=1S/C15H10F2N2O2/c16-11-3-1-9(5-12(11)17)7-19-8-18-13-6-10(15(20)21)2-4-14(13)19/h1-6,8H,7H2,(H,20,21). The topological polar surface area (TPSA) is 55.1 Å². The van der Waals surface area contributed by atoms with E-state index in [0.717, 1.165) is 17.6 Å². The molecule has 0 bridgehead atoms. The minimum atomic E-state index is -1.02. The van der Waals surface area contributed by atoms with Gasteiger partial charge in [-0.05, 0) is 35.9 Å². The van der Waals surface area contributed by atoms with Gasteiger partial charge in [0.2, 0.25) is 0 Å². The molecule has 4 nitrogen and oxygen atoms in total. The summed E-state index contributed by atoms with van der Waals surface area (Å²) in [5.41, 5.74) is 2.01. The number of carboxylic acids is 1. The predicted octanol–water partition coefficient (Wildman–Crippen LogP) is 3.06. The Morgan fingerprint density at radius 1 is 1.14 bits per heavy atom. The number of benzene rings is 2. The van der Waals surface area contributed by atoms with Gasteiger partial charge in [0.05, 0.1) is 22.9 Å². The second kappa shape index (κ2) is 4.97. The third kappa shape index (κ3) is 2.47. The maximum atomic E-state index is 13.2. The number of fused-ring (bicyclic) bond motifs is 1. The smallest absolute Gasteiger partial charge is 0.335 e. The number of aromatic nitrogens is 2. The summed E-state index contributed by atoms with van der Waals surface area (Å²) in [7, 11) is 0. The molecule has 0 aliphatic heterocycles. The number of rotatable bonds is 3. The van der Waals surface area contributed by atoms with Gasteiger partial charge in [-0.3, -0.25) is 0 Å². The van der Waals surface area contributed by atoms with Crippen LogP contribution < -0.4 is 0 Å². The molecule has 0 atom stereocenters. The molecule has 106 valence electrons. The van der Waals surface area contributed by atoms with Gasteiger partial charge in [0.25, 0.3) is 0 Å². The predicted molar refractivity (Wildman–Crippen MR) is 72.2 cm³/mol. The Kier molecular flexibility index (Phi) is 3.13. The Morgan fingerprint density at radius 2 is 1.95 bits per heavy atom. The fourth-order valence-electron chi connectivity index (χ4n) is 2.16. The largest absolute Gasteiger partial charge is 0.478 e. The summed E-state index contributed by atoms with van der Waals surface area (Å²) in [5, 5.41) is 8.93. The van der Waals surface area contributed by atoms with Crippen molar-refractivity contribution in [2.24, 2.45) is 0 Å². The van der Waals surface area contributed by atoms with Crippen LogP contribution in [0.2, 0.25) is 0 Å². The number of carbonyl (C=O) groups is 1. The number of carboxylic acid groups (broad SMARTS) is 1. The van der Waals surface area contributed by atoms with Crippen LogP contribution >= 0.6 is 0 Å². The molecule has 0 fully saturated rings. The van der Waals surface area contributed by atoms with Crippen molar-refractivity contribution in [3.63, 3.8) is 0 Å². The van der Waals surface area contributed by atoms with E-state index in [-0.39, 0.29) is 5.56 Å². The zero-order valence-electron chi connectivity index (χ0n) is 10.8. The summed E-state index contributed by atoms with van der Waals surface area (Å²) < 4.78 is 27.8. The van der Waals surface area contributed by atoms with E-state index >= 15 is 0 Å². The van der Waals surface area contributed by atoms with Crippen molar-refractivity contribution in [3.05, 3.63) is 65.5 Å². The Bertz CT molecular complexity index is 843. The molecule has 3 aromatic rings. The summed E-state index contributed by atoms with van der Waals surface area (Å²) in [6.07, 6.45) is 1.54. The number of hydrogen-bond donors (Lipinski definition) is 1. The van der Waals surface area contributed by atoms with E-state index in [1.54, 1.807) is 10.6 Å². The van der Waals surface area contributed by atoms with E-state index in [1.165, 1.54) is 24.5 Å². The van der Waals surface area contributed by atoms with Crippen molar-refractivity contribution in [2.75, 3.05) is 0 Å². The van der Waals surface area contributed by atoms with Gasteiger partial charge >= 0.3 is 5.97 Å². The van der Waals surface area contributed by atoms with Crippen molar-refractivity contribution in [2.45, 2.75) is 6.54 Å². The van der Waals surface area contributed by atoms with Crippen molar-refractivity contribution < 1.29 is 18.7 Å². The molecular weight excluding hydrogens is 278 g/mol. The van der Waals surface area contributed by atoms with Crippen LogP contribution in [0.1, 0.15) is 15.9 Å². The third-order valence-electron chi connectivity index (χ3n) is 3.20. The quantitative estimate of drug-likeness (QED) is 0.806. The van der Waals surface area contributed by atoms with Crippen molar-refractivity contribution >= 4 is 17.0 Å². The van der Waals surface area contributed by atoms with Gasteiger partial charge in [0.15, 0.2) is 11.6 Å². The molecule has 0 saturated heterocycles. The van der Waals surface area contributed by atoms with Crippen LogP contribution in [0.4, 0.5) is 8.78 Å². The molecule has 0 aliphatic carbocycles. The van der Waals surface area contributed by atoms with E-state index in [2.05, 4.69) is 4.98 Å². The summed E-state index contributed by atoms with van der Waals surface area (Å²) in [6.45, 7) is 0.320. The van der Waals surface area contributed by atoms with E-state index in [0.29, 0.717) is 17.6 Å². The van der Waals surface area contributed by atoms with Gasteiger partial charge in [-0.1, -0.05) is 6.07 Å². The first-order chi connectivity index (χ1) is 10.0. The van der Waals surface area contributed by atoms with Crippen LogP contribution in [0.3, 0.4) is 0 Å². The second-order valence-corrected chi connectivity index (χ2v) is 4.63. The average Bonchev–Trinajstić information content (AvgIpc) is 2.85. The maximum absolute atomic E-state index is 13.2. The molecule has 0 saturated carbocycles. The van der Waals surface area contributed by atoms with Crippen molar-refractivity contribution in [1.82, 2.24) is 9.55 Å². The van der Waals surface area contributed by atoms with Crippen LogP contribution in [0, 0.1) is 11.6 Å². The van der Waals surface area contributed by atoms with Crippen LogP contribution in [-0.4, -0.2) is 20.6 Å². The molecule has 0 amide bonds. The van der Waals surface area contributed by atoms with E-state index in [4.69, 9.17) is 5.11 Å². The van der Waals surface area contributed by atoms with E-state index in [9.17, 15) is 13.6 Å². The molecule has 0 spiro atoms. The van der Waals surface area contributed by atoms with Gasteiger partial charge in [-0.15, -0.1) is 0 Å². The lowest BCUT2D eigenvalue weighted by Gasteiger charge is -2.05. The molecule has 3 rings (SSSR count). The Balaban J connectivity index is 1.97. The molecule has 1 aromatic heterocycles. The molecule has 0 unspecified atom stereocenters. The highest BCUT2D eigenvalue weighted by atomic mass is 19.2. The summed E-state index contributed by atoms with van der Waals surface area (Å²) in [5.74, 6) is -2.81. The molecule has 0 radical (unpaired) electrons. The number of halogens is 2. The third-order valence-corrected chi connectivity index (χ3v) is 3.20. The van der Waals surface area contributed by atoms with Crippen LogP contribution in [0.25, 0.3) is 11.0 Å². The first kappa shape index (κ1) is 13.2. The van der Waals surface area contributed by atoms with Crippen LogP contribution in [0.15, 0.2) is 42.7 Å². The molecule has 6 heteroatoms. The molecular formula is C15H10F2N2O2. The fraction of sp³-hybridized carbons (Fsp3) is 0.0667. The highest BCUT2D eigenvalue weighted by Gasteiger charge is 2.09. The number of imidazole rings is 1. The lowest BCUT2D eigenvalue weighted by atomic mass is 10.2. The molecule has 1 N–H and O–H groups in total. The number of hydrogen-bond acceptors (Lipinski definition) is 2. The van der Waals surface area contributed by atoms with Gasteiger partial charge in [-0.2, -0.15) is 0 Å². The van der Waals surface area contributed by atoms with E-state index in [1.807, 2.05) is 0 Å². The average molecular weight is 288 g/mol. The van der Waals surface area contributed by atoms with Gasteiger partial charge in [0, 0.05) is 6.54 Å². The zero-order valence-corrected chi connectivity index (χ0v) is 10.8. The summed E-state index contributed by atoms with van der Waals surface area (Å²) in [4.78, 5) is 15.0. The van der Waals surface area contributed by atoms with E-state index < -0.39 is 17.6 Å². The Hall–Kier alpha value is -2.76. The number of aromatic carboxylic acids is 1. The Morgan fingerprint density at radius 3 is 2.67 bits per heavy atom.